The predicted molar refractivity (Wildman–Crippen MR) is 76.5 cm³/mol. The second-order valence-corrected chi connectivity index (χ2v) is 4.78. The number of benzene rings is 1. The first-order valence-corrected chi connectivity index (χ1v) is 6.48. The standard InChI is InChI=1S/C15H21N3O/c1-11-8-12(4-5-14(11)19-3)9-15-17-13(6-7-16)10-18(15)2/h4-5,8,10H,6-7,9,16H2,1-3H3. The molecule has 1 heterocycles. The van der Waals surface area contributed by atoms with Crippen molar-refractivity contribution in [1.82, 2.24) is 9.55 Å². The van der Waals surface area contributed by atoms with E-state index in [1.807, 2.05) is 13.1 Å². The highest BCUT2D eigenvalue weighted by molar-refractivity contribution is 5.37. The molecule has 0 saturated carbocycles. The van der Waals surface area contributed by atoms with Crippen LogP contribution in [0.15, 0.2) is 24.4 Å². The normalized spacial score (nSPS) is 10.7. The third-order valence-electron chi connectivity index (χ3n) is 3.24. The molecule has 0 bridgehead atoms. The van der Waals surface area contributed by atoms with Crippen molar-refractivity contribution in [1.29, 1.82) is 0 Å². The number of hydrogen-bond donors (Lipinski definition) is 1. The molecular formula is C15H21N3O. The van der Waals surface area contributed by atoms with Gasteiger partial charge in [-0.25, -0.2) is 4.98 Å². The lowest BCUT2D eigenvalue weighted by Crippen LogP contribution is -2.03. The number of nitrogens with two attached hydrogens (primary N) is 1. The van der Waals surface area contributed by atoms with Crippen LogP contribution in [0, 0.1) is 6.92 Å². The number of hydrogen-bond acceptors (Lipinski definition) is 3. The largest absolute Gasteiger partial charge is 0.496 e. The van der Waals surface area contributed by atoms with E-state index in [0.29, 0.717) is 6.54 Å². The molecule has 1 aromatic carbocycles. The predicted octanol–water partition coefficient (Wildman–Crippen LogP) is 1.83. The van der Waals surface area contributed by atoms with Crippen LogP contribution < -0.4 is 10.5 Å². The van der Waals surface area contributed by atoms with E-state index in [0.717, 1.165) is 35.7 Å². The molecule has 0 fully saturated rings. The zero-order chi connectivity index (χ0) is 13.8. The van der Waals surface area contributed by atoms with E-state index >= 15 is 0 Å². The summed E-state index contributed by atoms with van der Waals surface area (Å²) >= 11 is 0. The summed E-state index contributed by atoms with van der Waals surface area (Å²) in [6, 6.07) is 6.24. The summed E-state index contributed by atoms with van der Waals surface area (Å²) in [5.74, 6) is 1.99. The molecule has 0 amide bonds. The van der Waals surface area contributed by atoms with Crippen molar-refractivity contribution in [2.75, 3.05) is 13.7 Å². The zero-order valence-corrected chi connectivity index (χ0v) is 11.8. The van der Waals surface area contributed by atoms with Crippen LogP contribution in [0.2, 0.25) is 0 Å². The molecule has 0 unspecified atom stereocenters. The van der Waals surface area contributed by atoms with Crippen LogP contribution >= 0.6 is 0 Å². The summed E-state index contributed by atoms with van der Waals surface area (Å²) in [5, 5.41) is 0. The number of methoxy groups -OCH3 is 1. The molecule has 4 heteroatoms. The second kappa shape index (κ2) is 5.89. The number of aryl methyl sites for hydroxylation is 2. The van der Waals surface area contributed by atoms with Crippen LogP contribution in [0.1, 0.15) is 22.6 Å². The molecule has 2 rings (SSSR count). The van der Waals surface area contributed by atoms with Crippen LogP contribution in [-0.4, -0.2) is 23.2 Å². The van der Waals surface area contributed by atoms with E-state index in [4.69, 9.17) is 10.5 Å². The Kier molecular flexibility index (Phi) is 4.22. The molecule has 4 nitrogen and oxygen atoms in total. The van der Waals surface area contributed by atoms with Gasteiger partial charge in [0.25, 0.3) is 0 Å². The van der Waals surface area contributed by atoms with Crippen molar-refractivity contribution in [2.24, 2.45) is 12.8 Å². The molecule has 1 aromatic heterocycles. The topological polar surface area (TPSA) is 53.1 Å². The van der Waals surface area contributed by atoms with Crippen molar-refractivity contribution in [3.05, 3.63) is 47.0 Å². The van der Waals surface area contributed by atoms with Gasteiger partial charge < -0.3 is 15.0 Å². The Labute approximate surface area is 114 Å². The highest BCUT2D eigenvalue weighted by atomic mass is 16.5. The lowest BCUT2D eigenvalue weighted by Gasteiger charge is -2.07. The van der Waals surface area contributed by atoms with Crippen LogP contribution in [0.4, 0.5) is 0 Å². The van der Waals surface area contributed by atoms with Crippen LogP contribution in [0.3, 0.4) is 0 Å². The minimum absolute atomic E-state index is 0.637. The Hall–Kier alpha value is -1.81. The summed E-state index contributed by atoms with van der Waals surface area (Å²) in [6.07, 6.45) is 3.71. The Bertz CT molecular complexity index is 561. The molecule has 2 aromatic rings. The summed E-state index contributed by atoms with van der Waals surface area (Å²) in [6.45, 7) is 2.69. The van der Waals surface area contributed by atoms with Crippen molar-refractivity contribution in [3.63, 3.8) is 0 Å². The van der Waals surface area contributed by atoms with Gasteiger partial charge in [0.05, 0.1) is 12.8 Å². The number of nitrogens with zero attached hydrogens (tertiary/aromatic N) is 2. The maximum atomic E-state index is 5.56. The molecule has 0 aliphatic carbocycles. The quantitative estimate of drug-likeness (QED) is 0.891. The molecule has 0 aliphatic rings. The molecule has 0 radical (unpaired) electrons. The summed E-state index contributed by atoms with van der Waals surface area (Å²) < 4.78 is 7.35. The van der Waals surface area contributed by atoms with E-state index in [1.165, 1.54) is 5.56 Å². The van der Waals surface area contributed by atoms with E-state index < -0.39 is 0 Å². The van der Waals surface area contributed by atoms with E-state index in [1.54, 1.807) is 7.11 Å². The average molecular weight is 259 g/mol. The summed E-state index contributed by atoms with van der Waals surface area (Å²) in [5.41, 5.74) is 9.01. The lowest BCUT2D eigenvalue weighted by molar-refractivity contribution is 0.411. The number of ether oxygens (including phenoxy) is 1. The molecule has 102 valence electrons. The lowest BCUT2D eigenvalue weighted by atomic mass is 10.1. The first kappa shape index (κ1) is 13.6. The Balaban J connectivity index is 2.18. The smallest absolute Gasteiger partial charge is 0.121 e. The van der Waals surface area contributed by atoms with Crippen molar-refractivity contribution in [2.45, 2.75) is 19.8 Å². The summed E-state index contributed by atoms with van der Waals surface area (Å²) in [4.78, 5) is 4.62. The first-order valence-electron chi connectivity index (χ1n) is 6.48. The van der Waals surface area contributed by atoms with Gasteiger partial charge in [-0.15, -0.1) is 0 Å². The van der Waals surface area contributed by atoms with Crippen molar-refractivity contribution in [3.8, 4) is 5.75 Å². The zero-order valence-electron chi connectivity index (χ0n) is 11.8. The number of aromatic nitrogens is 2. The minimum Gasteiger partial charge on any atom is -0.496 e. The van der Waals surface area contributed by atoms with Gasteiger partial charge in [-0.1, -0.05) is 12.1 Å². The average Bonchev–Trinajstić information content (AvgIpc) is 2.70. The van der Waals surface area contributed by atoms with Gasteiger partial charge in [0.15, 0.2) is 0 Å². The molecule has 0 aliphatic heterocycles. The van der Waals surface area contributed by atoms with E-state index in [9.17, 15) is 0 Å². The van der Waals surface area contributed by atoms with Gasteiger partial charge in [0.2, 0.25) is 0 Å². The maximum absolute atomic E-state index is 5.56. The van der Waals surface area contributed by atoms with Crippen molar-refractivity contribution < 1.29 is 4.74 Å². The third-order valence-corrected chi connectivity index (χ3v) is 3.24. The van der Waals surface area contributed by atoms with Crippen LogP contribution in [-0.2, 0) is 19.9 Å². The Morgan fingerprint density at radius 1 is 1.37 bits per heavy atom. The fourth-order valence-electron chi connectivity index (χ4n) is 2.24. The molecule has 0 saturated heterocycles. The fraction of sp³-hybridized carbons (Fsp3) is 0.400. The fourth-order valence-corrected chi connectivity index (χ4v) is 2.24. The van der Waals surface area contributed by atoms with Gasteiger partial charge in [-0.05, 0) is 30.7 Å². The Morgan fingerprint density at radius 3 is 2.79 bits per heavy atom. The van der Waals surface area contributed by atoms with Gasteiger partial charge in [-0.2, -0.15) is 0 Å². The van der Waals surface area contributed by atoms with Crippen molar-refractivity contribution >= 4 is 0 Å². The van der Waals surface area contributed by atoms with Gasteiger partial charge in [0.1, 0.15) is 11.6 Å². The second-order valence-electron chi connectivity index (χ2n) is 4.78. The molecule has 0 atom stereocenters. The highest BCUT2D eigenvalue weighted by Gasteiger charge is 2.07. The number of imidazole rings is 1. The molecule has 19 heavy (non-hydrogen) atoms. The van der Waals surface area contributed by atoms with Gasteiger partial charge in [-0.3, -0.25) is 0 Å². The minimum atomic E-state index is 0.637. The van der Waals surface area contributed by atoms with Gasteiger partial charge in [0, 0.05) is 26.1 Å². The SMILES string of the molecule is COc1ccc(Cc2nc(CCN)cn2C)cc1C. The molecular weight excluding hydrogens is 238 g/mol. The van der Waals surface area contributed by atoms with Crippen LogP contribution in [0.5, 0.6) is 5.75 Å². The highest BCUT2D eigenvalue weighted by Crippen LogP contribution is 2.20. The first-order chi connectivity index (χ1) is 9.13. The maximum Gasteiger partial charge on any atom is 0.121 e. The van der Waals surface area contributed by atoms with Crippen LogP contribution in [0.25, 0.3) is 0 Å². The molecule has 0 spiro atoms. The summed E-state index contributed by atoms with van der Waals surface area (Å²) in [7, 11) is 3.72. The molecule has 2 N–H and O–H groups in total. The monoisotopic (exact) mass is 259 g/mol. The Morgan fingerprint density at radius 2 is 2.16 bits per heavy atom. The van der Waals surface area contributed by atoms with Gasteiger partial charge >= 0.3 is 0 Å². The van der Waals surface area contributed by atoms with E-state index in [-0.39, 0.29) is 0 Å². The number of rotatable bonds is 5. The van der Waals surface area contributed by atoms with E-state index in [2.05, 4.69) is 34.8 Å². The third kappa shape index (κ3) is 3.15.